The standard InChI is InChI=1S/C13H20N4O4/c1-2-15-11-6-21-5-9(11)12(18)17-10(13(19)20)3-8-4-14-7-16-8/h4,7,9-11,15H,2-3,5-6H2,1H3,(H,14,16)(H,17,18)(H,19,20)/t9?,10-,11?/m0/s1. The van der Waals surface area contributed by atoms with Gasteiger partial charge in [0.15, 0.2) is 0 Å². The van der Waals surface area contributed by atoms with Crippen LogP contribution in [0.5, 0.6) is 0 Å². The molecule has 0 aromatic carbocycles. The molecule has 3 atom stereocenters. The molecule has 1 aromatic heterocycles. The molecule has 1 saturated heterocycles. The fourth-order valence-corrected chi connectivity index (χ4v) is 2.37. The molecule has 8 nitrogen and oxygen atoms in total. The molecule has 0 radical (unpaired) electrons. The number of carboxylic acid groups (broad SMARTS) is 1. The lowest BCUT2D eigenvalue weighted by atomic mass is 10.0. The number of aromatic amines is 1. The van der Waals surface area contributed by atoms with Crippen LogP contribution in [0.1, 0.15) is 12.6 Å². The van der Waals surface area contributed by atoms with Gasteiger partial charge in [-0.25, -0.2) is 9.78 Å². The number of carbonyl (C=O) groups is 2. The number of likely N-dealkylation sites (N-methyl/N-ethyl adjacent to an activating group) is 1. The molecule has 1 aliphatic rings. The van der Waals surface area contributed by atoms with Crippen molar-refractivity contribution in [3.63, 3.8) is 0 Å². The number of nitrogens with zero attached hydrogens (tertiary/aromatic N) is 1. The molecule has 2 unspecified atom stereocenters. The van der Waals surface area contributed by atoms with Crippen LogP contribution in [0, 0.1) is 5.92 Å². The van der Waals surface area contributed by atoms with Gasteiger partial charge in [-0.2, -0.15) is 0 Å². The van der Waals surface area contributed by atoms with Crippen LogP contribution in [-0.2, 0) is 20.7 Å². The van der Waals surface area contributed by atoms with Gasteiger partial charge in [-0.05, 0) is 6.54 Å². The SMILES string of the molecule is CCNC1COCC1C(=O)N[C@@H](Cc1cnc[nH]1)C(=O)O. The van der Waals surface area contributed by atoms with Crippen molar-refractivity contribution in [2.24, 2.45) is 5.92 Å². The Hall–Kier alpha value is -1.93. The summed E-state index contributed by atoms with van der Waals surface area (Å²) in [6.45, 7) is 3.45. The van der Waals surface area contributed by atoms with Gasteiger partial charge in [0.1, 0.15) is 6.04 Å². The first kappa shape index (κ1) is 15.5. The zero-order chi connectivity index (χ0) is 15.2. The van der Waals surface area contributed by atoms with Crippen molar-refractivity contribution in [2.75, 3.05) is 19.8 Å². The first-order valence-electron chi connectivity index (χ1n) is 6.93. The Balaban J connectivity index is 1.96. The smallest absolute Gasteiger partial charge is 0.326 e. The van der Waals surface area contributed by atoms with E-state index in [-0.39, 0.29) is 24.3 Å². The van der Waals surface area contributed by atoms with Crippen LogP contribution < -0.4 is 10.6 Å². The molecule has 1 aromatic rings. The van der Waals surface area contributed by atoms with Crippen LogP contribution in [0.15, 0.2) is 12.5 Å². The number of nitrogens with one attached hydrogen (secondary N) is 3. The minimum atomic E-state index is -1.07. The second kappa shape index (κ2) is 7.19. The van der Waals surface area contributed by atoms with Gasteiger partial charge in [0, 0.05) is 24.4 Å². The van der Waals surface area contributed by atoms with Crippen molar-refractivity contribution in [1.82, 2.24) is 20.6 Å². The lowest BCUT2D eigenvalue weighted by Crippen LogP contribution is -2.49. The third-order valence-electron chi connectivity index (χ3n) is 3.48. The van der Waals surface area contributed by atoms with Crippen molar-refractivity contribution in [1.29, 1.82) is 0 Å². The third kappa shape index (κ3) is 4.02. The lowest BCUT2D eigenvalue weighted by molar-refractivity contribution is -0.142. The van der Waals surface area contributed by atoms with E-state index < -0.39 is 12.0 Å². The van der Waals surface area contributed by atoms with Crippen LogP contribution in [-0.4, -0.2) is 58.8 Å². The minimum absolute atomic E-state index is 0.0726. The largest absolute Gasteiger partial charge is 0.480 e. The van der Waals surface area contributed by atoms with Crippen LogP contribution in [0.2, 0.25) is 0 Å². The molecular formula is C13H20N4O4. The van der Waals surface area contributed by atoms with Crippen LogP contribution >= 0.6 is 0 Å². The van der Waals surface area contributed by atoms with E-state index >= 15 is 0 Å². The van der Waals surface area contributed by atoms with E-state index in [0.29, 0.717) is 18.9 Å². The first-order chi connectivity index (χ1) is 10.1. The van der Waals surface area contributed by atoms with E-state index in [9.17, 15) is 14.7 Å². The highest BCUT2D eigenvalue weighted by atomic mass is 16.5. The average Bonchev–Trinajstić information content (AvgIpc) is 3.09. The van der Waals surface area contributed by atoms with E-state index in [1.54, 1.807) is 6.20 Å². The van der Waals surface area contributed by atoms with Gasteiger partial charge in [-0.1, -0.05) is 6.92 Å². The van der Waals surface area contributed by atoms with Gasteiger partial charge < -0.3 is 25.5 Å². The quantitative estimate of drug-likeness (QED) is 0.520. The number of H-pyrrole nitrogens is 1. The molecule has 1 aliphatic heterocycles. The highest BCUT2D eigenvalue weighted by Crippen LogP contribution is 2.14. The Bertz CT molecular complexity index is 477. The molecule has 0 saturated carbocycles. The summed E-state index contributed by atoms with van der Waals surface area (Å²) in [5, 5.41) is 15.0. The number of rotatable bonds is 7. The molecular weight excluding hydrogens is 276 g/mol. The lowest BCUT2D eigenvalue weighted by Gasteiger charge is -2.20. The average molecular weight is 296 g/mol. The number of ether oxygens (including phenoxy) is 1. The van der Waals surface area contributed by atoms with E-state index in [2.05, 4.69) is 20.6 Å². The van der Waals surface area contributed by atoms with Crippen molar-refractivity contribution in [2.45, 2.75) is 25.4 Å². The Labute approximate surface area is 122 Å². The molecule has 0 bridgehead atoms. The molecule has 0 spiro atoms. The van der Waals surface area contributed by atoms with Gasteiger partial charge >= 0.3 is 5.97 Å². The van der Waals surface area contributed by atoms with Crippen molar-refractivity contribution in [3.8, 4) is 0 Å². The Morgan fingerprint density at radius 1 is 1.57 bits per heavy atom. The highest BCUT2D eigenvalue weighted by molar-refractivity contribution is 5.85. The minimum Gasteiger partial charge on any atom is -0.480 e. The van der Waals surface area contributed by atoms with Crippen molar-refractivity contribution < 1.29 is 19.4 Å². The van der Waals surface area contributed by atoms with Gasteiger partial charge in [-0.3, -0.25) is 4.79 Å². The molecule has 4 N–H and O–H groups in total. The van der Waals surface area contributed by atoms with Crippen LogP contribution in [0.3, 0.4) is 0 Å². The number of imidazole rings is 1. The summed E-state index contributed by atoms with van der Waals surface area (Å²) in [5.41, 5.74) is 0.661. The normalized spacial score (nSPS) is 22.9. The maximum Gasteiger partial charge on any atom is 0.326 e. The van der Waals surface area contributed by atoms with Gasteiger partial charge in [0.05, 0.1) is 25.5 Å². The first-order valence-corrected chi connectivity index (χ1v) is 6.93. The molecule has 1 fully saturated rings. The maximum absolute atomic E-state index is 12.3. The molecule has 1 amide bonds. The summed E-state index contributed by atoms with van der Waals surface area (Å²) in [5.74, 6) is -1.74. The van der Waals surface area contributed by atoms with Crippen molar-refractivity contribution >= 4 is 11.9 Å². The summed E-state index contributed by atoms with van der Waals surface area (Å²) in [7, 11) is 0. The summed E-state index contributed by atoms with van der Waals surface area (Å²) >= 11 is 0. The maximum atomic E-state index is 12.3. The third-order valence-corrected chi connectivity index (χ3v) is 3.48. The summed E-state index contributed by atoms with van der Waals surface area (Å²) in [4.78, 5) is 30.2. The number of carboxylic acids is 1. The van der Waals surface area contributed by atoms with Gasteiger partial charge in [0.25, 0.3) is 0 Å². The van der Waals surface area contributed by atoms with E-state index in [4.69, 9.17) is 4.74 Å². The number of hydrogen-bond donors (Lipinski definition) is 4. The number of amides is 1. The number of carbonyl (C=O) groups excluding carboxylic acids is 1. The summed E-state index contributed by atoms with van der Waals surface area (Å²) in [6, 6.07) is -1.06. The topological polar surface area (TPSA) is 116 Å². The zero-order valence-corrected chi connectivity index (χ0v) is 11.8. The predicted molar refractivity (Wildman–Crippen MR) is 73.6 cm³/mol. The second-order valence-corrected chi connectivity index (χ2v) is 4.99. The van der Waals surface area contributed by atoms with Gasteiger partial charge in [-0.15, -0.1) is 0 Å². The van der Waals surface area contributed by atoms with Gasteiger partial charge in [0.2, 0.25) is 5.91 Å². The monoisotopic (exact) mass is 296 g/mol. The summed E-state index contributed by atoms with van der Waals surface area (Å²) in [6.07, 6.45) is 3.19. The van der Waals surface area contributed by atoms with E-state index in [1.807, 2.05) is 6.92 Å². The molecule has 21 heavy (non-hydrogen) atoms. The Morgan fingerprint density at radius 2 is 2.38 bits per heavy atom. The predicted octanol–water partition coefficient (Wildman–Crippen LogP) is -0.854. The second-order valence-electron chi connectivity index (χ2n) is 4.99. The van der Waals surface area contributed by atoms with Crippen LogP contribution in [0.4, 0.5) is 0 Å². The zero-order valence-electron chi connectivity index (χ0n) is 11.8. The highest BCUT2D eigenvalue weighted by Gasteiger charge is 2.35. The fraction of sp³-hybridized carbons (Fsp3) is 0.615. The van der Waals surface area contributed by atoms with E-state index in [1.165, 1.54) is 6.33 Å². The molecule has 2 heterocycles. The van der Waals surface area contributed by atoms with E-state index in [0.717, 1.165) is 6.54 Å². The fourth-order valence-electron chi connectivity index (χ4n) is 2.37. The number of aliphatic carboxylic acids is 1. The number of hydrogen-bond acceptors (Lipinski definition) is 5. The molecule has 8 heteroatoms. The Kier molecular flexibility index (Phi) is 5.29. The number of aromatic nitrogens is 2. The van der Waals surface area contributed by atoms with Crippen LogP contribution in [0.25, 0.3) is 0 Å². The summed E-state index contributed by atoms with van der Waals surface area (Å²) < 4.78 is 5.30. The van der Waals surface area contributed by atoms with Crippen molar-refractivity contribution in [3.05, 3.63) is 18.2 Å². The Morgan fingerprint density at radius 3 is 3.00 bits per heavy atom. The molecule has 116 valence electrons. The molecule has 0 aliphatic carbocycles. The molecule has 2 rings (SSSR count).